The minimum atomic E-state index is -0.701. The lowest BCUT2D eigenvalue weighted by atomic mass is 10.1. The van der Waals surface area contributed by atoms with E-state index < -0.39 is 29.3 Å². The first-order chi connectivity index (χ1) is 13.8. The summed E-state index contributed by atoms with van der Waals surface area (Å²) >= 11 is 0. The molecule has 0 bridgehead atoms. The van der Waals surface area contributed by atoms with Crippen LogP contribution in [-0.4, -0.2) is 40.8 Å². The number of nitro benzene ring substituents is 1. The molecule has 3 rings (SSSR count). The Morgan fingerprint density at radius 2 is 2.14 bits per heavy atom. The average Bonchev–Trinajstić information content (AvgIpc) is 3.31. The summed E-state index contributed by atoms with van der Waals surface area (Å²) in [6.07, 6.45) is 1.49. The molecule has 29 heavy (non-hydrogen) atoms. The third-order valence-corrected chi connectivity index (χ3v) is 4.53. The van der Waals surface area contributed by atoms with Gasteiger partial charge in [-0.25, -0.2) is 0 Å². The largest absolute Gasteiger partial charge is 0.467 e. The van der Waals surface area contributed by atoms with Crippen molar-refractivity contribution in [1.82, 2.24) is 4.90 Å². The number of nitrogens with one attached hydrogen (secondary N) is 1. The monoisotopic (exact) mass is 401 g/mol. The maximum Gasteiger partial charge on any atom is 0.311 e. The Morgan fingerprint density at radius 1 is 1.34 bits per heavy atom. The van der Waals surface area contributed by atoms with Crippen LogP contribution >= 0.6 is 0 Å². The summed E-state index contributed by atoms with van der Waals surface area (Å²) in [5, 5.41) is 13.5. The van der Waals surface area contributed by atoms with Crippen LogP contribution in [0.2, 0.25) is 0 Å². The van der Waals surface area contributed by atoms with E-state index in [1.165, 1.54) is 23.3 Å². The molecule has 1 aliphatic heterocycles. The van der Waals surface area contributed by atoms with Gasteiger partial charge in [0.1, 0.15) is 11.4 Å². The number of benzene rings is 1. The summed E-state index contributed by atoms with van der Waals surface area (Å²) in [7, 11) is 0. The number of carbonyl (C=O) groups is 3. The molecular formula is C19H19N3O7. The van der Waals surface area contributed by atoms with E-state index in [4.69, 9.17) is 9.15 Å². The Balaban J connectivity index is 1.53. The summed E-state index contributed by atoms with van der Waals surface area (Å²) in [4.78, 5) is 48.4. The van der Waals surface area contributed by atoms with Crippen LogP contribution in [0.25, 0.3) is 0 Å². The molecule has 2 aromatic rings. The zero-order valence-electron chi connectivity index (χ0n) is 15.6. The van der Waals surface area contributed by atoms with E-state index in [2.05, 4.69) is 5.32 Å². The molecule has 1 aromatic carbocycles. The molecule has 10 nitrogen and oxygen atoms in total. The highest BCUT2D eigenvalue weighted by Gasteiger charge is 2.36. The zero-order valence-corrected chi connectivity index (χ0v) is 15.6. The zero-order chi connectivity index (χ0) is 21.0. The van der Waals surface area contributed by atoms with Gasteiger partial charge in [0.25, 0.3) is 11.6 Å². The normalized spacial score (nSPS) is 16.0. The Hall–Kier alpha value is -3.69. The number of para-hydroxylation sites is 1. The van der Waals surface area contributed by atoms with Crippen molar-refractivity contribution in [3.05, 3.63) is 58.0 Å². The minimum absolute atomic E-state index is 0.00950. The van der Waals surface area contributed by atoms with Crippen molar-refractivity contribution in [2.75, 3.05) is 18.5 Å². The van der Waals surface area contributed by atoms with Crippen molar-refractivity contribution in [3.8, 4) is 0 Å². The number of anilines is 1. The number of ether oxygens (including phenoxy) is 1. The number of nitro groups is 1. The highest BCUT2D eigenvalue weighted by Crippen LogP contribution is 2.27. The summed E-state index contributed by atoms with van der Waals surface area (Å²) < 4.78 is 10.2. The lowest BCUT2D eigenvalue weighted by Crippen LogP contribution is -2.28. The second kappa shape index (κ2) is 8.55. The molecule has 0 saturated carbocycles. The van der Waals surface area contributed by atoms with Crippen LogP contribution in [0.4, 0.5) is 11.4 Å². The molecule has 2 heterocycles. The Kier molecular flexibility index (Phi) is 5.91. The second-order valence-electron chi connectivity index (χ2n) is 6.64. The van der Waals surface area contributed by atoms with Crippen LogP contribution in [0.1, 0.15) is 17.7 Å². The van der Waals surface area contributed by atoms with Gasteiger partial charge in [0, 0.05) is 19.0 Å². The molecule has 0 radical (unpaired) electrons. The van der Waals surface area contributed by atoms with Crippen LogP contribution in [0.15, 0.2) is 41.0 Å². The molecule has 0 unspecified atom stereocenters. The minimum Gasteiger partial charge on any atom is -0.467 e. The maximum atomic E-state index is 12.2. The predicted molar refractivity (Wildman–Crippen MR) is 99.7 cm³/mol. The van der Waals surface area contributed by atoms with Crippen molar-refractivity contribution in [1.29, 1.82) is 0 Å². The molecule has 1 aromatic heterocycles. The number of hydrogen-bond donors (Lipinski definition) is 1. The number of amides is 2. The standard InChI is InChI=1S/C19H19N3O7/c1-12-4-2-6-15(22(26)27)18(12)20-16(23)11-29-19(25)13-8-17(24)21(9-13)10-14-5-3-7-28-14/h2-7,13H,8-11H2,1H3,(H,20,23)/t13-/m0/s1. The molecular weight excluding hydrogens is 382 g/mol. The summed E-state index contributed by atoms with van der Waals surface area (Å²) in [6.45, 7) is 1.44. The molecule has 1 aliphatic rings. The molecule has 1 fully saturated rings. The van der Waals surface area contributed by atoms with E-state index in [9.17, 15) is 24.5 Å². The summed E-state index contributed by atoms with van der Waals surface area (Å²) in [6, 6.07) is 7.83. The molecule has 1 atom stereocenters. The van der Waals surface area contributed by atoms with Gasteiger partial charge in [-0.2, -0.15) is 0 Å². The van der Waals surface area contributed by atoms with Gasteiger partial charge in [0.15, 0.2) is 6.61 Å². The molecule has 0 aliphatic carbocycles. The van der Waals surface area contributed by atoms with Gasteiger partial charge in [0.05, 0.1) is 23.6 Å². The van der Waals surface area contributed by atoms with Crippen LogP contribution in [-0.2, 0) is 25.7 Å². The summed E-state index contributed by atoms with van der Waals surface area (Å²) in [5.74, 6) is -1.66. The molecule has 2 amide bonds. The predicted octanol–water partition coefficient (Wildman–Crippen LogP) is 2.03. The SMILES string of the molecule is Cc1cccc([N+](=O)[O-])c1NC(=O)COC(=O)[C@H]1CC(=O)N(Cc2ccco2)C1. The van der Waals surface area contributed by atoms with Crippen LogP contribution in [0, 0.1) is 23.0 Å². The van der Waals surface area contributed by atoms with E-state index in [0.29, 0.717) is 11.3 Å². The van der Waals surface area contributed by atoms with Crippen molar-refractivity contribution in [2.24, 2.45) is 5.92 Å². The number of rotatable bonds is 7. The Bertz CT molecular complexity index is 939. The third kappa shape index (κ3) is 4.78. The third-order valence-electron chi connectivity index (χ3n) is 4.53. The quantitative estimate of drug-likeness (QED) is 0.426. The van der Waals surface area contributed by atoms with Gasteiger partial charge in [-0.1, -0.05) is 12.1 Å². The fourth-order valence-electron chi connectivity index (χ4n) is 3.07. The van der Waals surface area contributed by atoms with Gasteiger partial charge in [0.2, 0.25) is 5.91 Å². The fraction of sp³-hybridized carbons (Fsp3) is 0.316. The van der Waals surface area contributed by atoms with Crippen molar-refractivity contribution in [3.63, 3.8) is 0 Å². The smallest absolute Gasteiger partial charge is 0.311 e. The van der Waals surface area contributed by atoms with Gasteiger partial charge >= 0.3 is 5.97 Å². The van der Waals surface area contributed by atoms with E-state index >= 15 is 0 Å². The highest BCUT2D eigenvalue weighted by molar-refractivity contribution is 5.96. The van der Waals surface area contributed by atoms with E-state index in [1.807, 2.05) is 0 Å². The van der Waals surface area contributed by atoms with Crippen molar-refractivity contribution in [2.45, 2.75) is 19.9 Å². The van der Waals surface area contributed by atoms with Crippen molar-refractivity contribution < 1.29 is 28.5 Å². The van der Waals surface area contributed by atoms with E-state index in [1.54, 1.807) is 25.1 Å². The first kappa shape index (κ1) is 20.1. The number of likely N-dealkylation sites (tertiary alicyclic amines) is 1. The van der Waals surface area contributed by atoms with Crippen LogP contribution in [0.5, 0.6) is 0 Å². The fourth-order valence-corrected chi connectivity index (χ4v) is 3.07. The van der Waals surface area contributed by atoms with E-state index in [-0.39, 0.29) is 36.8 Å². The first-order valence-corrected chi connectivity index (χ1v) is 8.86. The molecule has 1 saturated heterocycles. The molecule has 0 spiro atoms. The second-order valence-corrected chi connectivity index (χ2v) is 6.64. The Labute approximate surface area is 165 Å². The number of carbonyl (C=O) groups excluding carboxylic acids is 3. The van der Waals surface area contributed by atoms with Crippen molar-refractivity contribution >= 4 is 29.2 Å². The number of furan rings is 1. The van der Waals surface area contributed by atoms with Gasteiger partial charge in [-0.05, 0) is 24.6 Å². The first-order valence-electron chi connectivity index (χ1n) is 8.86. The molecule has 1 N–H and O–H groups in total. The van der Waals surface area contributed by atoms with Gasteiger partial charge in [-0.15, -0.1) is 0 Å². The van der Waals surface area contributed by atoms with Gasteiger partial charge < -0.3 is 19.4 Å². The number of esters is 1. The topological polar surface area (TPSA) is 132 Å². The Morgan fingerprint density at radius 3 is 2.83 bits per heavy atom. The lowest BCUT2D eigenvalue weighted by Gasteiger charge is -2.14. The van der Waals surface area contributed by atoms with Gasteiger partial charge in [-0.3, -0.25) is 24.5 Å². The summed E-state index contributed by atoms with van der Waals surface area (Å²) in [5.41, 5.74) is 0.313. The molecule has 10 heteroatoms. The number of aryl methyl sites for hydroxylation is 1. The molecule has 152 valence electrons. The number of nitrogens with zero attached hydrogens (tertiary/aromatic N) is 2. The van der Waals surface area contributed by atoms with Crippen LogP contribution in [0.3, 0.4) is 0 Å². The average molecular weight is 401 g/mol. The number of hydrogen-bond acceptors (Lipinski definition) is 7. The van der Waals surface area contributed by atoms with Crippen LogP contribution < -0.4 is 5.32 Å². The van der Waals surface area contributed by atoms with E-state index in [0.717, 1.165) is 0 Å². The lowest BCUT2D eigenvalue weighted by molar-refractivity contribution is -0.384. The maximum absolute atomic E-state index is 12.2. The highest BCUT2D eigenvalue weighted by atomic mass is 16.6.